The quantitative estimate of drug-likeness (QED) is 0.883. The summed E-state index contributed by atoms with van der Waals surface area (Å²) < 4.78 is 0. The molecule has 1 aromatic rings. The molecule has 0 bridgehead atoms. The summed E-state index contributed by atoms with van der Waals surface area (Å²) in [6.45, 7) is 3.69. The molecule has 4 heteroatoms. The van der Waals surface area contributed by atoms with Crippen LogP contribution in [0.4, 0.5) is 0 Å². The molecule has 1 unspecified atom stereocenters. The summed E-state index contributed by atoms with van der Waals surface area (Å²) in [6, 6.07) is 6.04. The van der Waals surface area contributed by atoms with Gasteiger partial charge in [-0.25, -0.2) is 0 Å². The maximum Gasteiger partial charge on any atom is 0.254 e. The number of rotatable bonds is 4. The summed E-state index contributed by atoms with van der Waals surface area (Å²) in [5.41, 5.74) is 1.40. The molecule has 1 aliphatic heterocycles. The molecule has 2 aliphatic rings. The highest BCUT2D eigenvalue weighted by Gasteiger charge is 2.35. The number of aromatic hydroxyl groups is 1. The van der Waals surface area contributed by atoms with E-state index in [0.29, 0.717) is 17.6 Å². The molecule has 108 valence electrons. The lowest BCUT2D eigenvalue weighted by Crippen LogP contribution is -2.42. The van der Waals surface area contributed by atoms with Crippen molar-refractivity contribution in [1.82, 2.24) is 10.2 Å². The van der Waals surface area contributed by atoms with Crippen LogP contribution >= 0.6 is 0 Å². The van der Waals surface area contributed by atoms with Crippen LogP contribution < -0.4 is 5.32 Å². The van der Waals surface area contributed by atoms with E-state index >= 15 is 0 Å². The van der Waals surface area contributed by atoms with Gasteiger partial charge < -0.3 is 15.3 Å². The number of amides is 1. The molecule has 2 fully saturated rings. The number of aryl methyl sites for hydroxylation is 1. The van der Waals surface area contributed by atoms with E-state index < -0.39 is 0 Å². The van der Waals surface area contributed by atoms with Gasteiger partial charge in [-0.1, -0.05) is 6.07 Å². The molecule has 1 saturated carbocycles. The Kier molecular flexibility index (Phi) is 3.66. The van der Waals surface area contributed by atoms with Crippen molar-refractivity contribution in [2.45, 2.75) is 44.7 Å². The molecule has 0 aromatic heterocycles. The summed E-state index contributed by atoms with van der Waals surface area (Å²) in [6.07, 6.45) is 4.56. The molecule has 3 rings (SSSR count). The fourth-order valence-corrected chi connectivity index (χ4v) is 2.84. The van der Waals surface area contributed by atoms with E-state index in [1.807, 2.05) is 24.0 Å². The number of phenols is 1. The number of hydrogen-bond donors (Lipinski definition) is 2. The van der Waals surface area contributed by atoms with Gasteiger partial charge in [0.15, 0.2) is 0 Å². The highest BCUT2D eigenvalue weighted by atomic mass is 16.3. The number of nitrogens with zero attached hydrogens (tertiary/aromatic N) is 1. The first-order chi connectivity index (χ1) is 9.65. The molecule has 1 amide bonds. The van der Waals surface area contributed by atoms with Crippen LogP contribution in [-0.2, 0) is 0 Å². The molecule has 0 radical (unpaired) electrons. The summed E-state index contributed by atoms with van der Waals surface area (Å²) >= 11 is 0. The van der Waals surface area contributed by atoms with E-state index in [9.17, 15) is 9.90 Å². The SMILES string of the molecule is Cc1ccc(C(=O)N(CC2CCCN2)C2CC2)cc1O. The Morgan fingerprint density at radius 3 is 2.80 bits per heavy atom. The minimum atomic E-state index is 0.0523. The summed E-state index contributed by atoms with van der Waals surface area (Å²) in [7, 11) is 0. The van der Waals surface area contributed by atoms with Gasteiger partial charge in [-0.05, 0) is 56.8 Å². The van der Waals surface area contributed by atoms with Gasteiger partial charge in [0.2, 0.25) is 0 Å². The largest absolute Gasteiger partial charge is 0.508 e. The third-order valence-electron chi connectivity index (χ3n) is 4.28. The van der Waals surface area contributed by atoms with Crippen LogP contribution in [0.15, 0.2) is 18.2 Å². The molecular weight excluding hydrogens is 252 g/mol. The van der Waals surface area contributed by atoms with E-state index in [-0.39, 0.29) is 11.7 Å². The van der Waals surface area contributed by atoms with E-state index in [0.717, 1.165) is 37.9 Å². The van der Waals surface area contributed by atoms with Crippen molar-refractivity contribution in [2.75, 3.05) is 13.1 Å². The fraction of sp³-hybridized carbons (Fsp3) is 0.562. The van der Waals surface area contributed by atoms with Crippen LogP contribution in [0.3, 0.4) is 0 Å². The number of hydrogen-bond acceptors (Lipinski definition) is 3. The monoisotopic (exact) mass is 274 g/mol. The van der Waals surface area contributed by atoms with E-state index in [1.165, 1.54) is 6.42 Å². The average Bonchev–Trinajstić information content (AvgIpc) is 3.15. The van der Waals surface area contributed by atoms with Crippen molar-refractivity contribution in [3.63, 3.8) is 0 Å². The lowest BCUT2D eigenvalue weighted by molar-refractivity contribution is 0.0728. The molecule has 0 spiro atoms. The molecule has 1 aromatic carbocycles. The van der Waals surface area contributed by atoms with E-state index in [4.69, 9.17) is 0 Å². The van der Waals surface area contributed by atoms with Crippen molar-refractivity contribution >= 4 is 5.91 Å². The van der Waals surface area contributed by atoms with Gasteiger partial charge in [0.05, 0.1) is 0 Å². The third kappa shape index (κ3) is 2.80. The van der Waals surface area contributed by atoms with Crippen molar-refractivity contribution in [3.05, 3.63) is 29.3 Å². The number of phenolic OH excluding ortho intramolecular Hbond substituents is 1. The van der Waals surface area contributed by atoms with Gasteiger partial charge in [-0.15, -0.1) is 0 Å². The zero-order valence-corrected chi connectivity index (χ0v) is 11.9. The van der Waals surface area contributed by atoms with Crippen LogP contribution in [0.1, 0.15) is 41.6 Å². The summed E-state index contributed by atoms with van der Waals surface area (Å²) in [4.78, 5) is 14.7. The number of carbonyl (C=O) groups excluding carboxylic acids is 1. The highest BCUT2D eigenvalue weighted by molar-refractivity contribution is 5.95. The second-order valence-corrected chi connectivity index (χ2v) is 5.98. The first-order valence-electron chi connectivity index (χ1n) is 7.49. The van der Waals surface area contributed by atoms with Gasteiger partial charge in [-0.2, -0.15) is 0 Å². The minimum absolute atomic E-state index is 0.0523. The average molecular weight is 274 g/mol. The first-order valence-corrected chi connectivity index (χ1v) is 7.49. The lowest BCUT2D eigenvalue weighted by Gasteiger charge is -2.26. The molecule has 1 saturated heterocycles. The zero-order chi connectivity index (χ0) is 14.1. The predicted octanol–water partition coefficient (Wildman–Crippen LogP) is 2.06. The second kappa shape index (κ2) is 5.44. The summed E-state index contributed by atoms with van der Waals surface area (Å²) in [5.74, 6) is 0.252. The Bertz CT molecular complexity index is 505. The van der Waals surface area contributed by atoms with Gasteiger partial charge in [0, 0.05) is 24.2 Å². The van der Waals surface area contributed by atoms with Crippen LogP contribution in [-0.4, -0.2) is 41.1 Å². The standard InChI is InChI=1S/C16H22N2O2/c1-11-4-5-12(9-15(11)19)16(20)18(14-6-7-14)10-13-3-2-8-17-13/h4-5,9,13-14,17,19H,2-3,6-8,10H2,1H3. The van der Waals surface area contributed by atoms with Crippen molar-refractivity contribution in [2.24, 2.45) is 0 Å². The Labute approximate surface area is 119 Å². The molecular formula is C16H22N2O2. The molecule has 20 heavy (non-hydrogen) atoms. The smallest absolute Gasteiger partial charge is 0.254 e. The first kappa shape index (κ1) is 13.4. The van der Waals surface area contributed by atoms with Crippen LogP contribution in [0.25, 0.3) is 0 Å². The zero-order valence-electron chi connectivity index (χ0n) is 11.9. The Balaban J connectivity index is 1.75. The Hall–Kier alpha value is -1.55. The molecule has 1 aliphatic carbocycles. The molecule has 1 heterocycles. The van der Waals surface area contributed by atoms with Crippen molar-refractivity contribution < 1.29 is 9.90 Å². The van der Waals surface area contributed by atoms with E-state index in [1.54, 1.807) is 6.07 Å². The second-order valence-electron chi connectivity index (χ2n) is 5.98. The van der Waals surface area contributed by atoms with Crippen LogP contribution in [0, 0.1) is 6.92 Å². The molecule has 2 N–H and O–H groups in total. The fourth-order valence-electron chi connectivity index (χ4n) is 2.84. The van der Waals surface area contributed by atoms with Crippen molar-refractivity contribution in [1.29, 1.82) is 0 Å². The minimum Gasteiger partial charge on any atom is -0.508 e. The Morgan fingerprint density at radius 1 is 1.40 bits per heavy atom. The summed E-state index contributed by atoms with van der Waals surface area (Å²) in [5, 5.41) is 13.2. The van der Waals surface area contributed by atoms with Gasteiger partial charge in [0.1, 0.15) is 5.75 Å². The maximum atomic E-state index is 12.7. The van der Waals surface area contributed by atoms with E-state index in [2.05, 4.69) is 5.32 Å². The van der Waals surface area contributed by atoms with Crippen LogP contribution in [0.5, 0.6) is 5.75 Å². The molecule has 1 atom stereocenters. The number of nitrogens with one attached hydrogen (secondary N) is 1. The van der Waals surface area contributed by atoms with Gasteiger partial charge >= 0.3 is 0 Å². The predicted molar refractivity (Wildman–Crippen MR) is 77.9 cm³/mol. The van der Waals surface area contributed by atoms with Gasteiger partial charge in [0.25, 0.3) is 5.91 Å². The topological polar surface area (TPSA) is 52.6 Å². The van der Waals surface area contributed by atoms with Gasteiger partial charge in [-0.3, -0.25) is 4.79 Å². The lowest BCUT2D eigenvalue weighted by atomic mass is 10.1. The molecule has 4 nitrogen and oxygen atoms in total. The number of carbonyl (C=O) groups is 1. The highest BCUT2D eigenvalue weighted by Crippen LogP contribution is 2.30. The van der Waals surface area contributed by atoms with Crippen LogP contribution in [0.2, 0.25) is 0 Å². The Morgan fingerprint density at radius 2 is 2.20 bits per heavy atom. The number of benzene rings is 1. The maximum absolute atomic E-state index is 12.7. The third-order valence-corrected chi connectivity index (χ3v) is 4.28. The van der Waals surface area contributed by atoms with Crippen molar-refractivity contribution in [3.8, 4) is 5.75 Å². The normalized spacial score (nSPS) is 21.9.